The number of thioether (sulfide) groups is 1. The predicted molar refractivity (Wildman–Crippen MR) is 78.5 cm³/mol. The maximum Gasteiger partial charge on any atom is 0.313 e. The van der Waals surface area contributed by atoms with Gasteiger partial charge in [0.2, 0.25) is 0 Å². The van der Waals surface area contributed by atoms with E-state index in [1.165, 1.54) is 17.3 Å². The third kappa shape index (κ3) is 3.19. The van der Waals surface area contributed by atoms with E-state index in [1.807, 2.05) is 23.6 Å². The Kier molecular flexibility index (Phi) is 4.44. The molecule has 2 aromatic rings. The van der Waals surface area contributed by atoms with Gasteiger partial charge in [-0.05, 0) is 30.5 Å². The molecule has 1 heterocycles. The Morgan fingerprint density at radius 2 is 1.95 bits per heavy atom. The lowest BCUT2D eigenvalue weighted by Gasteiger charge is -2.10. The largest absolute Gasteiger partial charge is 0.481 e. The van der Waals surface area contributed by atoms with Crippen LogP contribution in [0.2, 0.25) is 0 Å². The van der Waals surface area contributed by atoms with Gasteiger partial charge in [-0.2, -0.15) is 0 Å². The molecular formula is C14H17N3O2S. The molecule has 2 rings (SSSR count). The van der Waals surface area contributed by atoms with Gasteiger partial charge in [0.05, 0.1) is 5.75 Å². The molecule has 0 radical (unpaired) electrons. The summed E-state index contributed by atoms with van der Waals surface area (Å²) in [5, 5.41) is 17.4. The normalized spacial score (nSPS) is 11.0. The van der Waals surface area contributed by atoms with Gasteiger partial charge in [-0.1, -0.05) is 37.7 Å². The van der Waals surface area contributed by atoms with Gasteiger partial charge in [0.25, 0.3) is 0 Å². The average Bonchev–Trinajstić information content (AvgIpc) is 2.77. The minimum absolute atomic E-state index is 0.0256. The van der Waals surface area contributed by atoms with Crippen molar-refractivity contribution in [2.75, 3.05) is 5.75 Å². The maximum atomic E-state index is 10.7. The van der Waals surface area contributed by atoms with Gasteiger partial charge < -0.3 is 5.11 Å². The number of aryl methyl sites for hydroxylation is 1. The smallest absolute Gasteiger partial charge is 0.313 e. The fourth-order valence-electron chi connectivity index (χ4n) is 1.87. The van der Waals surface area contributed by atoms with Crippen LogP contribution < -0.4 is 0 Å². The summed E-state index contributed by atoms with van der Waals surface area (Å²) in [6, 6.07) is 8.17. The predicted octanol–water partition coefficient (Wildman–Crippen LogP) is 2.88. The maximum absolute atomic E-state index is 10.7. The third-order valence-electron chi connectivity index (χ3n) is 2.94. The summed E-state index contributed by atoms with van der Waals surface area (Å²) in [4.78, 5) is 10.7. The number of nitrogens with zero attached hydrogens (tertiary/aromatic N) is 3. The number of carboxylic acids is 1. The first-order valence-electron chi connectivity index (χ1n) is 6.36. The lowest BCUT2D eigenvalue weighted by molar-refractivity contribution is -0.133. The summed E-state index contributed by atoms with van der Waals surface area (Å²) in [6.45, 7) is 6.15. The highest BCUT2D eigenvalue weighted by atomic mass is 32.2. The van der Waals surface area contributed by atoms with Crippen molar-refractivity contribution in [1.29, 1.82) is 0 Å². The van der Waals surface area contributed by atoms with Crippen molar-refractivity contribution in [3.63, 3.8) is 0 Å². The van der Waals surface area contributed by atoms with E-state index in [0.29, 0.717) is 11.1 Å². The standard InChI is InChI=1S/C14H17N3O2S/c1-9(2)11-4-6-12(7-5-11)17-10(3)15-16-14(17)20-8-13(18)19/h4-7,9H,8H2,1-3H3,(H,18,19). The second-order valence-corrected chi connectivity index (χ2v) is 5.74. The third-order valence-corrected chi connectivity index (χ3v) is 3.85. The van der Waals surface area contributed by atoms with Crippen molar-refractivity contribution in [3.8, 4) is 5.69 Å². The Morgan fingerprint density at radius 3 is 2.50 bits per heavy atom. The van der Waals surface area contributed by atoms with Crippen molar-refractivity contribution in [2.45, 2.75) is 31.8 Å². The highest BCUT2D eigenvalue weighted by Crippen LogP contribution is 2.23. The molecule has 0 saturated carbocycles. The molecule has 0 spiro atoms. The van der Waals surface area contributed by atoms with E-state index in [-0.39, 0.29) is 5.75 Å². The van der Waals surface area contributed by atoms with Gasteiger partial charge >= 0.3 is 5.97 Å². The lowest BCUT2D eigenvalue weighted by Crippen LogP contribution is -2.03. The van der Waals surface area contributed by atoms with Gasteiger partial charge in [0, 0.05) is 5.69 Å². The Bertz CT molecular complexity index is 605. The number of hydrogen-bond acceptors (Lipinski definition) is 4. The molecule has 106 valence electrons. The van der Waals surface area contributed by atoms with Crippen molar-refractivity contribution in [2.24, 2.45) is 0 Å². The second kappa shape index (κ2) is 6.09. The molecule has 0 aliphatic heterocycles. The highest BCUT2D eigenvalue weighted by molar-refractivity contribution is 7.99. The van der Waals surface area contributed by atoms with E-state index in [0.717, 1.165) is 11.5 Å². The molecule has 1 aromatic heterocycles. The first-order chi connectivity index (χ1) is 9.49. The number of hydrogen-bond donors (Lipinski definition) is 1. The monoisotopic (exact) mass is 291 g/mol. The van der Waals surface area contributed by atoms with Crippen LogP contribution in [0.25, 0.3) is 5.69 Å². The molecule has 0 atom stereocenters. The second-order valence-electron chi connectivity index (χ2n) is 4.79. The van der Waals surface area contributed by atoms with E-state index < -0.39 is 5.97 Å². The summed E-state index contributed by atoms with van der Waals surface area (Å²) in [7, 11) is 0. The van der Waals surface area contributed by atoms with E-state index >= 15 is 0 Å². The molecule has 0 amide bonds. The summed E-state index contributed by atoms with van der Waals surface area (Å²) in [5.74, 6) is 0.335. The van der Waals surface area contributed by atoms with E-state index in [2.05, 4.69) is 36.2 Å². The number of aromatic nitrogens is 3. The molecule has 0 unspecified atom stereocenters. The topological polar surface area (TPSA) is 68.0 Å². The van der Waals surface area contributed by atoms with Crippen molar-refractivity contribution in [3.05, 3.63) is 35.7 Å². The molecule has 6 heteroatoms. The zero-order valence-electron chi connectivity index (χ0n) is 11.7. The number of carbonyl (C=O) groups is 1. The molecule has 0 fully saturated rings. The van der Waals surface area contributed by atoms with E-state index in [9.17, 15) is 4.79 Å². The Morgan fingerprint density at radius 1 is 1.30 bits per heavy atom. The minimum atomic E-state index is -0.864. The molecule has 20 heavy (non-hydrogen) atoms. The van der Waals surface area contributed by atoms with Crippen LogP contribution in [0.1, 0.15) is 31.2 Å². The zero-order chi connectivity index (χ0) is 14.7. The molecule has 0 aliphatic rings. The summed E-state index contributed by atoms with van der Waals surface area (Å²) in [5.41, 5.74) is 2.21. The SMILES string of the molecule is Cc1nnc(SCC(=O)O)n1-c1ccc(C(C)C)cc1. The molecule has 1 aromatic carbocycles. The molecule has 1 N–H and O–H groups in total. The van der Waals surface area contributed by atoms with E-state index in [4.69, 9.17) is 5.11 Å². The molecule has 5 nitrogen and oxygen atoms in total. The van der Waals surface area contributed by atoms with Crippen LogP contribution in [0.5, 0.6) is 0 Å². The zero-order valence-corrected chi connectivity index (χ0v) is 12.5. The Labute approximate surface area is 122 Å². The van der Waals surface area contributed by atoms with Gasteiger partial charge in [0.1, 0.15) is 5.82 Å². The average molecular weight is 291 g/mol. The number of carboxylic acid groups (broad SMARTS) is 1. The fourth-order valence-corrected chi connectivity index (χ4v) is 2.59. The van der Waals surface area contributed by atoms with Gasteiger partial charge in [-0.3, -0.25) is 9.36 Å². The lowest BCUT2D eigenvalue weighted by atomic mass is 10.0. The Hall–Kier alpha value is -1.82. The Balaban J connectivity index is 2.31. The van der Waals surface area contributed by atoms with Crippen LogP contribution in [-0.2, 0) is 4.79 Å². The van der Waals surface area contributed by atoms with Gasteiger partial charge in [-0.25, -0.2) is 0 Å². The van der Waals surface area contributed by atoms with E-state index in [1.54, 1.807) is 0 Å². The van der Waals surface area contributed by atoms with Crippen LogP contribution in [0.3, 0.4) is 0 Å². The fraction of sp³-hybridized carbons (Fsp3) is 0.357. The molecule has 0 aliphatic carbocycles. The number of aliphatic carboxylic acids is 1. The molecule has 0 saturated heterocycles. The highest BCUT2D eigenvalue weighted by Gasteiger charge is 2.13. The molecule has 0 bridgehead atoms. The minimum Gasteiger partial charge on any atom is -0.481 e. The van der Waals surface area contributed by atoms with Crippen LogP contribution in [-0.4, -0.2) is 31.6 Å². The first-order valence-corrected chi connectivity index (χ1v) is 7.34. The van der Waals surface area contributed by atoms with Gasteiger partial charge in [0.15, 0.2) is 5.16 Å². The number of benzene rings is 1. The quantitative estimate of drug-likeness (QED) is 0.858. The van der Waals surface area contributed by atoms with Crippen LogP contribution in [0, 0.1) is 6.92 Å². The number of rotatable bonds is 5. The van der Waals surface area contributed by atoms with Crippen molar-refractivity contribution in [1.82, 2.24) is 14.8 Å². The summed E-state index contributed by atoms with van der Waals surface area (Å²) < 4.78 is 1.87. The van der Waals surface area contributed by atoms with Crippen molar-refractivity contribution >= 4 is 17.7 Å². The first kappa shape index (κ1) is 14.6. The van der Waals surface area contributed by atoms with Crippen LogP contribution in [0.15, 0.2) is 29.4 Å². The van der Waals surface area contributed by atoms with Crippen molar-refractivity contribution < 1.29 is 9.90 Å². The summed E-state index contributed by atoms with van der Waals surface area (Å²) >= 11 is 1.17. The van der Waals surface area contributed by atoms with Crippen LogP contribution in [0.4, 0.5) is 0 Å². The molecular weight excluding hydrogens is 274 g/mol. The van der Waals surface area contributed by atoms with Crippen LogP contribution >= 0.6 is 11.8 Å². The summed E-state index contributed by atoms with van der Waals surface area (Å²) in [6.07, 6.45) is 0. The van der Waals surface area contributed by atoms with Gasteiger partial charge in [-0.15, -0.1) is 10.2 Å².